The summed E-state index contributed by atoms with van der Waals surface area (Å²) in [6.07, 6.45) is 4.50. The molecule has 1 aromatic heterocycles. The summed E-state index contributed by atoms with van der Waals surface area (Å²) in [5, 5.41) is 23.1. The summed E-state index contributed by atoms with van der Waals surface area (Å²) in [6, 6.07) is 14.3. The van der Waals surface area contributed by atoms with E-state index in [2.05, 4.69) is 15.2 Å². The molecule has 1 aliphatic heterocycles. The maximum Gasteiger partial charge on any atom is 0.270 e. The number of halogens is 2. The number of hydrogen-bond donors (Lipinski definition) is 3. The van der Waals surface area contributed by atoms with Crippen molar-refractivity contribution in [2.24, 2.45) is 0 Å². The van der Waals surface area contributed by atoms with Gasteiger partial charge in [0, 0.05) is 17.7 Å². The minimum atomic E-state index is -1.02. The maximum absolute atomic E-state index is 13.2. The number of ether oxygens (including phenoxy) is 1. The van der Waals surface area contributed by atoms with Crippen molar-refractivity contribution in [3.05, 3.63) is 82.8 Å². The molecule has 5 rings (SSSR count). The molecule has 198 valence electrons. The van der Waals surface area contributed by atoms with E-state index in [1.807, 2.05) is 0 Å². The molecule has 3 N–H and O–H groups in total. The Morgan fingerprint density at radius 2 is 1.89 bits per heavy atom. The lowest BCUT2D eigenvalue weighted by atomic mass is 10.00. The van der Waals surface area contributed by atoms with E-state index in [4.69, 9.17) is 21.7 Å². The molecule has 1 aliphatic carbocycles. The van der Waals surface area contributed by atoms with Gasteiger partial charge in [-0.15, -0.1) is 0 Å². The van der Waals surface area contributed by atoms with Crippen molar-refractivity contribution in [1.82, 2.24) is 15.2 Å². The van der Waals surface area contributed by atoms with Crippen molar-refractivity contribution in [3.63, 3.8) is 0 Å². The number of hydrogen-bond acceptors (Lipinski definition) is 6. The average Bonchev–Trinajstić information content (AvgIpc) is 3.60. The zero-order valence-corrected chi connectivity index (χ0v) is 21.6. The van der Waals surface area contributed by atoms with E-state index in [9.17, 15) is 14.3 Å². The minimum Gasteiger partial charge on any atom is -0.489 e. The van der Waals surface area contributed by atoms with Crippen LogP contribution in [0.15, 0.2) is 60.8 Å². The molecule has 2 fully saturated rings. The van der Waals surface area contributed by atoms with Gasteiger partial charge in [-0.3, -0.25) is 15.2 Å². The number of aliphatic hydroxyl groups excluding tert-OH is 1. The fourth-order valence-corrected chi connectivity index (χ4v) is 4.82. The molecule has 7 nitrogen and oxygen atoms in total. The van der Waals surface area contributed by atoms with Crippen LogP contribution in [-0.2, 0) is 4.79 Å². The number of nitrogens with zero attached hydrogens (tertiary/aromatic N) is 2. The van der Waals surface area contributed by atoms with Gasteiger partial charge in [0.15, 0.2) is 0 Å². The van der Waals surface area contributed by atoms with Gasteiger partial charge in [-0.1, -0.05) is 41.9 Å². The second-order valence-electron chi connectivity index (χ2n) is 9.85. The number of aliphatic hydroxyl groups is 1. The van der Waals surface area contributed by atoms with Crippen molar-refractivity contribution in [2.75, 3.05) is 19.6 Å². The number of pyridine rings is 1. The summed E-state index contributed by atoms with van der Waals surface area (Å²) in [5.74, 6) is -0.411. The molecule has 2 atom stereocenters. The van der Waals surface area contributed by atoms with Crippen LogP contribution in [0, 0.1) is 11.2 Å². The summed E-state index contributed by atoms with van der Waals surface area (Å²) in [6.45, 7) is 2.24. The molecule has 2 heterocycles. The third-order valence-electron chi connectivity index (χ3n) is 6.89. The lowest BCUT2D eigenvalue weighted by Crippen LogP contribution is -2.48. The number of likely N-dealkylation sites (tertiary alicyclic amines) is 1. The van der Waals surface area contributed by atoms with Crippen LogP contribution in [0.25, 0.3) is 11.3 Å². The predicted octanol–water partition coefficient (Wildman–Crippen LogP) is 4.76. The third kappa shape index (κ3) is 6.38. The Kier molecular flexibility index (Phi) is 8.02. The van der Waals surface area contributed by atoms with Crippen molar-refractivity contribution >= 4 is 23.2 Å². The molecule has 0 radical (unpaired) electrons. The molecule has 9 heteroatoms. The molecule has 0 spiro atoms. The summed E-state index contributed by atoms with van der Waals surface area (Å²) >= 11 is 6.43. The highest BCUT2D eigenvalue weighted by molar-refractivity contribution is 6.44. The van der Waals surface area contributed by atoms with Crippen LogP contribution in [0.3, 0.4) is 0 Å². The first-order valence-corrected chi connectivity index (χ1v) is 13.2. The van der Waals surface area contributed by atoms with Crippen LogP contribution in [0.2, 0.25) is 5.02 Å². The van der Waals surface area contributed by atoms with Gasteiger partial charge in [-0.25, -0.2) is 4.39 Å². The van der Waals surface area contributed by atoms with Gasteiger partial charge in [-0.05, 0) is 68.6 Å². The molecule has 0 bridgehead atoms. The van der Waals surface area contributed by atoms with E-state index < -0.39 is 23.9 Å². The zero-order valence-electron chi connectivity index (χ0n) is 20.9. The van der Waals surface area contributed by atoms with Gasteiger partial charge in [-0.2, -0.15) is 0 Å². The first kappa shape index (κ1) is 26.3. The van der Waals surface area contributed by atoms with Gasteiger partial charge >= 0.3 is 0 Å². The summed E-state index contributed by atoms with van der Waals surface area (Å²) in [7, 11) is 0. The minimum absolute atomic E-state index is 0.206. The number of aromatic nitrogens is 1. The topological polar surface area (TPSA) is 98.5 Å². The van der Waals surface area contributed by atoms with Gasteiger partial charge in [0.05, 0.1) is 29.1 Å². The second-order valence-corrected chi connectivity index (χ2v) is 10.3. The Bertz CT molecular complexity index is 1290. The van der Waals surface area contributed by atoms with Crippen molar-refractivity contribution in [1.29, 1.82) is 5.41 Å². The number of nitrogens with one attached hydrogen (secondary N) is 2. The smallest absolute Gasteiger partial charge is 0.270 e. The third-order valence-corrected chi connectivity index (χ3v) is 7.19. The Labute approximate surface area is 226 Å². The molecule has 38 heavy (non-hydrogen) atoms. The van der Waals surface area contributed by atoms with Crippen LogP contribution < -0.4 is 10.1 Å². The standard InChI is InChI=1S/C29H30ClFN4O3/c30-23-15-20(7-12-26(23)38-22-9-10-22)28(36)25(17-35-13-1-2-14-35)34-29(37)27(32)19-5-3-18(4-6-19)24-11-8-21(31)16-33-24/h3-8,11-12,15-16,22,25,28,32,36H,1-2,9-10,13-14,17H2,(H,34,37)/t25-,28-/m1/s1. The molecular formula is C29H30ClFN4O3. The van der Waals surface area contributed by atoms with Gasteiger partial charge in [0.2, 0.25) is 0 Å². The van der Waals surface area contributed by atoms with Crippen molar-refractivity contribution in [2.45, 2.75) is 43.9 Å². The van der Waals surface area contributed by atoms with E-state index in [0.29, 0.717) is 34.1 Å². The molecule has 2 aromatic carbocycles. The predicted molar refractivity (Wildman–Crippen MR) is 144 cm³/mol. The Balaban J connectivity index is 1.29. The fraction of sp³-hybridized carbons (Fsp3) is 0.345. The second kappa shape index (κ2) is 11.6. The zero-order chi connectivity index (χ0) is 26.6. The van der Waals surface area contributed by atoms with Gasteiger partial charge < -0.3 is 20.1 Å². The molecule has 1 saturated heterocycles. The van der Waals surface area contributed by atoms with E-state index >= 15 is 0 Å². The summed E-state index contributed by atoms with van der Waals surface area (Å²) in [4.78, 5) is 19.4. The summed E-state index contributed by atoms with van der Waals surface area (Å²) < 4.78 is 19.0. The monoisotopic (exact) mass is 536 g/mol. The van der Waals surface area contributed by atoms with Crippen LogP contribution in [0.4, 0.5) is 4.39 Å². The maximum atomic E-state index is 13.2. The first-order valence-electron chi connectivity index (χ1n) is 12.9. The Morgan fingerprint density at radius 1 is 1.16 bits per heavy atom. The molecule has 1 amide bonds. The van der Waals surface area contributed by atoms with E-state index in [-0.39, 0.29) is 11.8 Å². The number of carbonyl (C=O) groups excluding carboxylic acids is 1. The molecule has 2 aliphatic rings. The normalized spacial score (nSPS) is 17.1. The fourth-order valence-electron chi connectivity index (χ4n) is 4.59. The van der Waals surface area contributed by atoms with E-state index in [0.717, 1.165) is 50.5 Å². The lowest BCUT2D eigenvalue weighted by Gasteiger charge is -2.29. The van der Waals surface area contributed by atoms with Gasteiger partial charge in [0.1, 0.15) is 23.4 Å². The van der Waals surface area contributed by atoms with E-state index in [1.54, 1.807) is 48.5 Å². The molecular weight excluding hydrogens is 507 g/mol. The largest absolute Gasteiger partial charge is 0.489 e. The summed E-state index contributed by atoms with van der Waals surface area (Å²) in [5.41, 5.74) is 2.12. The number of rotatable bonds is 10. The van der Waals surface area contributed by atoms with Crippen LogP contribution >= 0.6 is 11.6 Å². The van der Waals surface area contributed by atoms with Crippen molar-refractivity contribution in [3.8, 4) is 17.0 Å². The van der Waals surface area contributed by atoms with Crippen molar-refractivity contribution < 1.29 is 19.0 Å². The van der Waals surface area contributed by atoms with Crippen LogP contribution in [0.1, 0.15) is 42.9 Å². The first-order chi connectivity index (χ1) is 18.4. The molecule has 0 unspecified atom stereocenters. The highest BCUT2D eigenvalue weighted by Crippen LogP contribution is 2.34. The SMILES string of the molecule is N=C(C(=O)N[C@H](CN1CCCC1)[C@H](O)c1ccc(OC2CC2)c(Cl)c1)c1ccc(-c2ccc(F)cn2)cc1. The van der Waals surface area contributed by atoms with Crippen LogP contribution in [0.5, 0.6) is 5.75 Å². The number of benzene rings is 2. The average molecular weight is 537 g/mol. The van der Waals surface area contributed by atoms with E-state index in [1.165, 1.54) is 6.07 Å². The van der Waals surface area contributed by atoms with Gasteiger partial charge in [0.25, 0.3) is 5.91 Å². The highest BCUT2D eigenvalue weighted by atomic mass is 35.5. The Hall–Kier alpha value is -3.33. The molecule has 1 saturated carbocycles. The number of amides is 1. The highest BCUT2D eigenvalue weighted by Gasteiger charge is 2.29. The number of carbonyl (C=O) groups is 1. The Morgan fingerprint density at radius 3 is 2.53 bits per heavy atom. The molecule has 3 aromatic rings. The lowest BCUT2D eigenvalue weighted by molar-refractivity contribution is -0.116. The van der Waals surface area contributed by atoms with Crippen LogP contribution in [-0.4, -0.2) is 58.4 Å². The quantitative estimate of drug-likeness (QED) is 0.324.